The zero-order valence-electron chi connectivity index (χ0n) is 21.5. The molecule has 0 fully saturated rings. The molecule has 3 amide bonds. The Balaban J connectivity index is 0.000000183. The van der Waals surface area contributed by atoms with Crippen molar-refractivity contribution >= 4 is 58.2 Å². The van der Waals surface area contributed by atoms with E-state index in [1.807, 2.05) is 19.1 Å². The Labute approximate surface area is 234 Å². The number of carbonyl (C=O) groups excluding carboxylic acids is 3. The number of nitrogens with one attached hydrogen (secondary N) is 2. The van der Waals surface area contributed by atoms with Gasteiger partial charge in [-0.15, -0.1) is 12.6 Å². The number of aryl methyl sites for hydroxylation is 1. The topological polar surface area (TPSA) is 142 Å². The molecule has 0 unspecified atom stereocenters. The van der Waals surface area contributed by atoms with Crippen molar-refractivity contribution < 1.29 is 14.4 Å². The van der Waals surface area contributed by atoms with Crippen molar-refractivity contribution in [3.05, 3.63) is 76.5 Å². The number of unbranched alkanes of at least 4 members (excludes halogenated alkanes) is 2. The molecule has 2 aromatic carbocycles. The fraction of sp³-hybridized carbons (Fsp3) is 0.259. The Morgan fingerprint density at radius 1 is 1.08 bits per heavy atom. The van der Waals surface area contributed by atoms with Crippen LogP contribution in [-0.4, -0.2) is 42.7 Å². The fourth-order valence-corrected chi connectivity index (χ4v) is 4.78. The molecule has 0 saturated carbocycles. The van der Waals surface area contributed by atoms with Gasteiger partial charge in [-0.3, -0.25) is 9.59 Å². The molecule has 3 heterocycles. The minimum absolute atomic E-state index is 0.0922. The third-order valence-electron chi connectivity index (χ3n) is 5.86. The number of benzene rings is 2. The summed E-state index contributed by atoms with van der Waals surface area (Å²) in [4.78, 5) is 57.8. The van der Waals surface area contributed by atoms with Crippen molar-refractivity contribution in [1.29, 1.82) is 0 Å². The van der Waals surface area contributed by atoms with Gasteiger partial charge in [-0.05, 0) is 61.2 Å². The van der Waals surface area contributed by atoms with Gasteiger partial charge in [0.25, 0.3) is 0 Å². The normalized spacial score (nSPS) is 11.7. The van der Waals surface area contributed by atoms with Crippen molar-refractivity contribution in [3.63, 3.8) is 0 Å². The molecule has 5 rings (SSSR count). The summed E-state index contributed by atoms with van der Waals surface area (Å²) in [5.74, 6) is 0.174. The van der Waals surface area contributed by atoms with Gasteiger partial charge < -0.3 is 10.3 Å². The van der Waals surface area contributed by atoms with Crippen LogP contribution >= 0.6 is 24.4 Å². The number of nitrogens with zero attached hydrogens (tertiary/aromatic N) is 5. The third-order valence-corrected chi connectivity index (χ3v) is 6.98. The van der Waals surface area contributed by atoms with E-state index in [2.05, 4.69) is 54.8 Å². The maximum atomic E-state index is 12.0. The molecule has 0 radical (unpaired) electrons. The lowest BCUT2D eigenvalue weighted by molar-refractivity contribution is -0.113. The molecule has 12 heteroatoms. The number of hydrogen-bond acceptors (Lipinski definition) is 7. The second-order valence-corrected chi connectivity index (χ2v) is 10.0. The number of rotatable bonds is 9. The SMILES string of the molecule is CCCCCc1c(C(=O)S)ccc2c1=NC(=O)N=2.Cc1cc2[nH]cnc2cc1NC(=O)CSc1ncccn1. The van der Waals surface area contributed by atoms with Crippen LogP contribution in [0, 0.1) is 6.92 Å². The summed E-state index contributed by atoms with van der Waals surface area (Å²) in [5, 5.41) is 4.30. The summed E-state index contributed by atoms with van der Waals surface area (Å²) in [6.07, 6.45) is 8.81. The van der Waals surface area contributed by atoms with Gasteiger partial charge >= 0.3 is 6.03 Å². The summed E-state index contributed by atoms with van der Waals surface area (Å²) < 4.78 is 0. The summed E-state index contributed by atoms with van der Waals surface area (Å²) in [7, 11) is 0. The molecule has 1 aliphatic rings. The summed E-state index contributed by atoms with van der Waals surface area (Å²) in [6, 6.07) is 8.40. The third kappa shape index (κ3) is 7.36. The number of amides is 3. The molecule has 1 aliphatic heterocycles. The molecule has 200 valence electrons. The number of thiol groups is 1. The summed E-state index contributed by atoms with van der Waals surface area (Å²) >= 11 is 5.17. The highest BCUT2D eigenvalue weighted by Crippen LogP contribution is 2.22. The standard InChI is InChI=1S/C14H13N5OS.C13H14N2O2S/c1-9-5-11-12(18-8-17-11)6-10(9)19-13(20)7-21-14-15-3-2-4-16-14;1-2-3-4-5-8-9(12(16)18)6-7-10-11(8)15-13(17)14-10/h2-6,8H,7H2,1H3,(H,17,18)(H,19,20);6-7H,2-5H2,1H3,(H,16,18). The number of urea groups is 1. The van der Waals surface area contributed by atoms with Crippen LogP contribution < -0.4 is 16.0 Å². The first-order valence-electron chi connectivity index (χ1n) is 12.4. The molecule has 0 aliphatic carbocycles. The Morgan fingerprint density at radius 3 is 2.62 bits per heavy atom. The van der Waals surface area contributed by atoms with Crippen LogP contribution in [0.1, 0.15) is 47.7 Å². The van der Waals surface area contributed by atoms with Gasteiger partial charge in [0.2, 0.25) is 11.0 Å². The highest BCUT2D eigenvalue weighted by molar-refractivity contribution is 7.99. The van der Waals surface area contributed by atoms with Crippen molar-refractivity contribution in [2.75, 3.05) is 11.1 Å². The highest BCUT2D eigenvalue weighted by atomic mass is 32.2. The van der Waals surface area contributed by atoms with E-state index in [1.54, 1.807) is 36.9 Å². The van der Waals surface area contributed by atoms with Crippen LogP contribution in [0.25, 0.3) is 11.0 Å². The van der Waals surface area contributed by atoms with Crippen molar-refractivity contribution in [2.24, 2.45) is 9.98 Å². The van der Waals surface area contributed by atoms with Gasteiger partial charge in [-0.1, -0.05) is 31.5 Å². The molecule has 0 spiro atoms. The van der Waals surface area contributed by atoms with E-state index in [-0.39, 0.29) is 16.8 Å². The minimum atomic E-state index is -0.495. The largest absolute Gasteiger partial charge is 0.368 e. The van der Waals surface area contributed by atoms with Gasteiger partial charge in [0.05, 0.1) is 33.8 Å². The van der Waals surface area contributed by atoms with Crippen LogP contribution in [-0.2, 0) is 11.2 Å². The fourth-order valence-electron chi connectivity index (χ4n) is 3.97. The van der Waals surface area contributed by atoms with Crippen LogP contribution in [0.4, 0.5) is 10.5 Å². The zero-order chi connectivity index (χ0) is 27.8. The van der Waals surface area contributed by atoms with E-state index < -0.39 is 6.03 Å². The van der Waals surface area contributed by atoms with Crippen molar-refractivity contribution in [1.82, 2.24) is 19.9 Å². The molecule has 10 nitrogen and oxygen atoms in total. The second-order valence-electron chi connectivity index (χ2n) is 8.68. The number of anilines is 1. The molecular weight excluding hydrogens is 534 g/mol. The highest BCUT2D eigenvalue weighted by Gasteiger charge is 2.15. The molecule has 2 N–H and O–H groups in total. The molecule has 0 atom stereocenters. The van der Waals surface area contributed by atoms with Gasteiger partial charge in [0.1, 0.15) is 0 Å². The van der Waals surface area contributed by atoms with E-state index in [0.29, 0.717) is 21.4 Å². The van der Waals surface area contributed by atoms with Gasteiger partial charge in [0.15, 0.2) is 5.16 Å². The number of aromatic amines is 1. The molecule has 2 aromatic heterocycles. The number of imidazole rings is 1. The van der Waals surface area contributed by atoms with E-state index in [9.17, 15) is 14.4 Å². The second kappa shape index (κ2) is 13.3. The van der Waals surface area contributed by atoms with Crippen LogP contribution in [0.15, 0.2) is 64.2 Å². The van der Waals surface area contributed by atoms with Crippen LogP contribution in [0.5, 0.6) is 0 Å². The van der Waals surface area contributed by atoms with E-state index in [1.165, 1.54) is 11.8 Å². The number of carbonyl (C=O) groups is 3. The molecular formula is C27H27N7O3S2. The van der Waals surface area contributed by atoms with Gasteiger partial charge in [-0.25, -0.2) is 19.7 Å². The monoisotopic (exact) mass is 561 g/mol. The first-order chi connectivity index (χ1) is 18.9. The molecule has 4 aromatic rings. The van der Waals surface area contributed by atoms with E-state index in [4.69, 9.17) is 0 Å². The summed E-state index contributed by atoms with van der Waals surface area (Å²) in [6.45, 7) is 4.06. The Hall–Kier alpha value is -3.90. The first-order valence-corrected chi connectivity index (χ1v) is 13.8. The maximum Gasteiger partial charge on any atom is 0.368 e. The van der Waals surface area contributed by atoms with Crippen LogP contribution in [0.2, 0.25) is 0 Å². The number of thioether (sulfide) groups is 1. The van der Waals surface area contributed by atoms with Crippen LogP contribution in [0.3, 0.4) is 0 Å². The van der Waals surface area contributed by atoms with Crippen molar-refractivity contribution in [2.45, 2.75) is 44.7 Å². The van der Waals surface area contributed by atoms with Crippen molar-refractivity contribution in [3.8, 4) is 0 Å². The number of H-pyrrole nitrogens is 1. The molecule has 0 saturated heterocycles. The zero-order valence-corrected chi connectivity index (χ0v) is 23.2. The number of fused-ring (bicyclic) bond motifs is 2. The Bertz CT molecular complexity index is 1640. The number of aromatic nitrogens is 4. The quantitative estimate of drug-likeness (QED) is 0.120. The molecule has 0 bridgehead atoms. The molecule has 39 heavy (non-hydrogen) atoms. The Morgan fingerprint density at radius 2 is 1.87 bits per heavy atom. The van der Waals surface area contributed by atoms with Gasteiger partial charge in [0, 0.05) is 23.6 Å². The predicted octanol–water partition coefficient (Wildman–Crippen LogP) is 4.25. The first kappa shape index (κ1) is 28.1. The van der Waals surface area contributed by atoms with E-state index >= 15 is 0 Å². The Kier molecular flexibility index (Phi) is 9.55. The minimum Gasteiger partial charge on any atom is -0.345 e. The summed E-state index contributed by atoms with van der Waals surface area (Å²) in [5.41, 5.74) is 4.88. The van der Waals surface area contributed by atoms with E-state index in [0.717, 1.165) is 53.5 Å². The lowest BCUT2D eigenvalue weighted by Gasteiger charge is -2.08. The average molecular weight is 562 g/mol. The average Bonchev–Trinajstić information content (AvgIpc) is 3.54. The lowest BCUT2D eigenvalue weighted by Crippen LogP contribution is -2.28. The lowest BCUT2D eigenvalue weighted by atomic mass is 10.0. The smallest absolute Gasteiger partial charge is 0.345 e. The predicted molar refractivity (Wildman–Crippen MR) is 153 cm³/mol. The van der Waals surface area contributed by atoms with Gasteiger partial charge in [-0.2, -0.15) is 9.98 Å². The number of hydrogen-bond donors (Lipinski definition) is 3. The maximum absolute atomic E-state index is 12.0.